The van der Waals surface area contributed by atoms with Crippen molar-refractivity contribution >= 4 is 38.9 Å². The quantitative estimate of drug-likeness (QED) is 0.910. The molecule has 17 heavy (non-hydrogen) atoms. The largest absolute Gasteiger partial charge is 0.476 e. The number of aromatic nitrogens is 1. The molecule has 88 valence electrons. The summed E-state index contributed by atoms with van der Waals surface area (Å²) in [5.74, 6) is -0.982. The number of anilines is 1. The van der Waals surface area contributed by atoms with Gasteiger partial charge in [-0.25, -0.2) is 9.78 Å². The number of rotatable bonds is 4. The molecule has 0 spiro atoms. The Bertz CT molecular complexity index is 525. The molecule has 0 aliphatic rings. The smallest absolute Gasteiger partial charge is 0.365 e. The van der Waals surface area contributed by atoms with Gasteiger partial charge in [0.2, 0.25) is 5.01 Å². The van der Waals surface area contributed by atoms with Crippen molar-refractivity contribution in [2.45, 2.75) is 6.54 Å². The van der Waals surface area contributed by atoms with Gasteiger partial charge in [-0.2, -0.15) is 0 Å². The summed E-state index contributed by atoms with van der Waals surface area (Å²) in [6.45, 7) is 0.519. The number of aromatic carboxylic acids is 1. The van der Waals surface area contributed by atoms with Crippen molar-refractivity contribution in [3.8, 4) is 0 Å². The van der Waals surface area contributed by atoms with Crippen LogP contribution in [0.2, 0.25) is 0 Å². The van der Waals surface area contributed by atoms with Crippen LogP contribution < -0.4 is 5.32 Å². The van der Waals surface area contributed by atoms with E-state index >= 15 is 0 Å². The van der Waals surface area contributed by atoms with Crippen LogP contribution in [-0.4, -0.2) is 16.1 Å². The third kappa shape index (κ3) is 3.28. The van der Waals surface area contributed by atoms with E-state index in [4.69, 9.17) is 5.11 Å². The molecular weight excluding hydrogens is 304 g/mol. The molecule has 1 aromatic carbocycles. The summed E-state index contributed by atoms with van der Waals surface area (Å²) >= 11 is 4.49. The minimum atomic E-state index is -0.982. The number of carbonyl (C=O) groups is 1. The summed E-state index contributed by atoms with van der Waals surface area (Å²) in [6.07, 6.45) is 0. The molecule has 1 heterocycles. The van der Waals surface area contributed by atoms with E-state index in [1.165, 1.54) is 0 Å². The van der Waals surface area contributed by atoms with Crippen LogP contribution in [0.25, 0.3) is 0 Å². The standard InChI is InChI=1S/C11H9BrN2O2S/c12-7-1-3-8(4-2-7)13-5-9-6-17-10(14-9)11(15)16/h1-4,6,13H,5H2,(H,15,16). The molecule has 1 aromatic heterocycles. The van der Waals surface area contributed by atoms with Crippen LogP contribution in [0.15, 0.2) is 34.1 Å². The molecule has 4 nitrogen and oxygen atoms in total. The summed E-state index contributed by atoms with van der Waals surface area (Å²) in [5.41, 5.74) is 1.70. The van der Waals surface area contributed by atoms with Gasteiger partial charge in [-0.3, -0.25) is 0 Å². The first kappa shape index (κ1) is 12.1. The Balaban J connectivity index is 1.97. The van der Waals surface area contributed by atoms with Crippen molar-refractivity contribution in [3.05, 3.63) is 44.8 Å². The zero-order valence-electron chi connectivity index (χ0n) is 8.68. The van der Waals surface area contributed by atoms with Gasteiger partial charge in [-0.05, 0) is 24.3 Å². The van der Waals surface area contributed by atoms with Gasteiger partial charge in [0.1, 0.15) is 0 Å². The number of nitrogens with one attached hydrogen (secondary N) is 1. The lowest BCUT2D eigenvalue weighted by Gasteiger charge is -2.03. The topological polar surface area (TPSA) is 62.2 Å². The molecule has 0 fully saturated rings. The minimum Gasteiger partial charge on any atom is -0.476 e. The Morgan fingerprint density at radius 2 is 2.12 bits per heavy atom. The molecule has 2 aromatic rings. The molecule has 0 aliphatic carbocycles. The summed E-state index contributed by atoms with van der Waals surface area (Å²) < 4.78 is 1.02. The predicted molar refractivity (Wildman–Crippen MR) is 70.5 cm³/mol. The molecule has 0 atom stereocenters. The molecule has 0 radical (unpaired) electrons. The van der Waals surface area contributed by atoms with Crippen molar-refractivity contribution in [1.29, 1.82) is 0 Å². The van der Waals surface area contributed by atoms with Crippen LogP contribution >= 0.6 is 27.3 Å². The van der Waals surface area contributed by atoms with Gasteiger partial charge >= 0.3 is 5.97 Å². The van der Waals surface area contributed by atoms with Crippen LogP contribution in [0, 0.1) is 0 Å². The van der Waals surface area contributed by atoms with Gasteiger partial charge in [0.05, 0.1) is 12.2 Å². The Hall–Kier alpha value is -1.40. The van der Waals surface area contributed by atoms with Crippen LogP contribution in [0.4, 0.5) is 5.69 Å². The second-order valence-electron chi connectivity index (χ2n) is 3.31. The van der Waals surface area contributed by atoms with Crippen molar-refractivity contribution in [2.75, 3.05) is 5.32 Å². The van der Waals surface area contributed by atoms with Crippen LogP contribution in [-0.2, 0) is 6.54 Å². The van der Waals surface area contributed by atoms with E-state index in [9.17, 15) is 4.79 Å². The van der Waals surface area contributed by atoms with E-state index in [0.29, 0.717) is 6.54 Å². The molecule has 0 saturated carbocycles. The molecule has 2 rings (SSSR count). The maximum atomic E-state index is 10.6. The molecule has 6 heteroatoms. The maximum absolute atomic E-state index is 10.6. The number of benzene rings is 1. The van der Waals surface area contributed by atoms with E-state index in [1.54, 1.807) is 5.38 Å². The summed E-state index contributed by atoms with van der Waals surface area (Å²) in [5, 5.41) is 13.8. The second-order valence-corrected chi connectivity index (χ2v) is 5.08. The normalized spacial score (nSPS) is 10.2. The zero-order valence-corrected chi connectivity index (χ0v) is 11.1. The van der Waals surface area contributed by atoms with Gasteiger partial charge in [0, 0.05) is 15.5 Å². The number of thiazole rings is 1. The lowest BCUT2D eigenvalue weighted by molar-refractivity contribution is 0.0696. The van der Waals surface area contributed by atoms with Crippen molar-refractivity contribution in [2.24, 2.45) is 0 Å². The van der Waals surface area contributed by atoms with Gasteiger partial charge in [0.15, 0.2) is 0 Å². The number of halogens is 1. The summed E-state index contributed by atoms with van der Waals surface area (Å²) in [7, 11) is 0. The van der Waals surface area contributed by atoms with Gasteiger partial charge < -0.3 is 10.4 Å². The Morgan fingerprint density at radius 3 is 2.71 bits per heavy atom. The molecule has 0 unspecified atom stereocenters. The first-order valence-corrected chi connectivity index (χ1v) is 6.49. The van der Waals surface area contributed by atoms with E-state index in [-0.39, 0.29) is 5.01 Å². The fraction of sp³-hybridized carbons (Fsp3) is 0.0909. The molecular formula is C11H9BrN2O2S. The summed E-state index contributed by atoms with van der Waals surface area (Å²) in [4.78, 5) is 14.6. The third-order valence-corrected chi connectivity index (χ3v) is 3.46. The van der Waals surface area contributed by atoms with Crippen LogP contribution in [0.3, 0.4) is 0 Å². The van der Waals surface area contributed by atoms with Crippen LogP contribution in [0.5, 0.6) is 0 Å². The number of carboxylic acids is 1. The summed E-state index contributed by atoms with van der Waals surface area (Å²) in [6, 6.07) is 7.75. The van der Waals surface area contributed by atoms with Gasteiger partial charge in [-0.1, -0.05) is 15.9 Å². The SMILES string of the molecule is O=C(O)c1nc(CNc2ccc(Br)cc2)cs1. The number of hydrogen-bond donors (Lipinski definition) is 2. The Kier molecular flexibility index (Phi) is 3.75. The molecule has 0 aliphatic heterocycles. The first-order chi connectivity index (χ1) is 8.15. The van der Waals surface area contributed by atoms with Crippen molar-refractivity contribution in [1.82, 2.24) is 4.98 Å². The average Bonchev–Trinajstić information content (AvgIpc) is 2.77. The maximum Gasteiger partial charge on any atom is 0.365 e. The fourth-order valence-electron chi connectivity index (χ4n) is 1.25. The van der Waals surface area contributed by atoms with E-state index in [2.05, 4.69) is 26.2 Å². The second kappa shape index (κ2) is 5.29. The number of hydrogen-bond acceptors (Lipinski definition) is 4. The monoisotopic (exact) mass is 312 g/mol. The van der Waals surface area contributed by atoms with Crippen molar-refractivity contribution in [3.63, 3.8) is 0 Å². The predicted octanol–water partition coefficient (Wildman–Crippen LogP) is 3.22. The van der Waals surface area contributed by atoms with E-state index in [0.717, 1.165) is 27.2 Å². The zero-order chi connectivity index (χ0) is 12.3. The van der Waals surface area contributed by atoms with Gasteiger partial charge in [-0.15, -0.1) is 11.3 Å². The molecule has 0 bridgehead atoms. The first-order valence-electron chi connectivity index (χ1n) is 4.82. The lowest BCUT2D eigenvalue weighted by Crippen LogP contribution is -2.01. The fourth-order valence-corrected chi connectivity index (χ4v) is 2.17. The molecule has 0 amide bonds. The number of nitrogens with zero attached hydrogens (tertiary/aromatic N) is 1. The molecule has 0 saturated heterocycles. The van der Waals surface area contributed by atoms with Gasteiger partial charge in [0.25, 0.3) is 0 Å². The van der Waals surface area contributed by atoms with E-state index in [1.807, 2.05) is 24.3 Å². The van der Waals surface area contributed by atoms with E-state index < -0.39 is 5.97 Å². The highest BCUT2D eigenvalue weighted by atomic mass is 79.9. The highest BCUT2D eigenvalue weighted by Crippen LogP contribution is 2.16. The lowest BCUT2D eigenvalue weighted by atomic mass is 10.3. The molecule has 2 N–H and O–H groups in total. The van der Waals surface area contributed by atoms with Crippen LogP contribution in [0.1, 0.15) is 15.5 Å². The number of carboxylic acid groups (broad SMARTS) is 1. The van der Waals surface area contributed by atoms with Crippen molar-refractivity contribution < 1.29 is 9.90 Å². The third-order valence-electron chi connectivity index (χ3n) is 2.05. The highest BCUT2D eigenvalue weighted by molar-refractivity contribution is 9.10. The minimum absolute atomic E-state index is 0.123. The Labute approximate surface area is 110 Å². The highest BCUT2D eigenvalue weighted by Gasteiger charge is 2.08. The Morgan fingerprint density at radius 1 is 1.41 bits per heavy atom. The average molecular weight is 313 g/mol.